The second kappa shape index (κ2) is 10.9. The lowest BCUT2D eigenvalue weighted by atomic mass is 10.1. The molecule has 8 nitrogen and oxygen atoms in total. The molecule has 190 valence electrons. The summed E-state index contributed by atoms with van der Waals surface area (Å²) in [5, 5.41) is 21.2. The van der Waals surface area contributed by atoms with E-state index in [0.29, 0.717) is 30.6 Å². The highest BCUT2D eigenvalue weighted by atomic mass is 32.2. The molecule has 0 saturated carbocycles. The van der Waals surface area contributed by atoms with Crippen LogP contribution in [0.15, 0.2) is 85.9 Å². The summed E-state index contributed by atoms with van der Waals surface area (Å²) in [4.78, 5) is 32.2. The Hall–Kier alpha value is -3.80. The summed E-state index contributed by atoms with van der Waals surface area (Å²) in [7, 11) is 0. The third-order valence-electron chi connectivity index (χ3n) is 5.54. The fraction of sp³-hybridized carbons (Fsp3) is 0.111. The number of thioether (sulfide) groups is 1. The lowest BCUT2D eigenvalue weighted by Gasteiger charge is -2.16. The molecule has 1 aliphatic heterocycles. The first-order chi connectivity index (χ1) is 18.3. The molecule has 0 unspecified atom stereocenters. The molecule has 4 aromatic rings. The van der Waals surface area contributed by atoms with Crippen molar-refractivity contribution in [1.82, 2.24) is 10.2 Å². The van der Waals surface area contributed by atoms with E-state index in [0.717, 1.165) is 21.8 Å². The van der Waals surface area contributed by atoms with E-state index in [-0.39, 0.29) is 11.6 Å². The van der Waals surface area contributed by atoms with Gasteiger partial charge in [0.2, 0.25) is 0 Å². The van der Waals surface area contributed by atoms with Crippen molar-refractivity contribution in [2.24, 2.45) is 4.99 Å². The molecule has 1 saturated heterocycles. The molecule has 11 heteroatoms. The van der Waals surface area contributed by atoms with Crippen molar-refractivity contribution in [2.75, 3.05) is 4.90 Å². The first kappa shape index (κ1) is 25.8. The van der Waals surface area contributed by atoms with Gasteiger partial charge in [-0.25, -0.2) is 4.99 Å². The van der Waals surface area contributed by atoms with Gasteiger partial charge >= 0.3 is 0 Å². The van der Waals surface area contributed by atoms with Crippen LogP contribution < -0.4 is 4.90 Å². The maximum Gasteiger partial charge on any atom is 0.283 e. The number of carbonyl (C=O) groups is 1. The number of anilines is 1. The molecule has 0 spiro atoms. The van der Waals surface area contributed by atoms with Crippen molar-refractivity contribution >= 4 is 69.1 Å². The minimum absolute atomic E-state index is 0.0587. The van der Waals surface area contributed by atoms with Gasteiger partial charge in [0, 0.05) is 6.07 Å². The molecule has 0 N–H and O–H groups in total. The normalized spacial score (nSPS) is 15.6. The van der Waals surface area contributed by atoms with Gasteiger partial charge in [0.25, 0.3) is 11.6 Å². The lowest BCUT2D eigenvalue weighted by molar-refractivity contribution is -0.387. The summed E-state index contributed by atoms with van der Waals surface area (Å²) in [5.41, 5.74) is 4.11. The van der Waals surface area contributed by atoms with Gasteiger partial charge in [-0.05, 0) is 74.5 Å². The molecule has 5 rings (SSSR count). The topological polar surface area (TPSA) is 102 Å². The van der Waals surface area contributed by atoms with Crippen LogP contribution in [0.25, 0.3) is 6.08 Å². The van der Waals surface area contributed by atoms with Crippen LogP contribution in [0.1, 0.15) is 21.7 Å². The Labute approximate surface area is 231 Å². The van der Waals surface area contributed by atoms with Crippen molar-refractivity contribution in [3.63, 3.8) is 0 Å². The number of aromatic nitrogens is 2. The van der Waals surface area contributed by atoms with Crippen LogP contribution in [0, 0.1) is 30.9 Å². The lowest BCUT2D eigenvalue weighted by Crippen LogP contribution is -2.28. The summed E-state index contributed by atoms with van der Waals surface area (Å²) in [6.45, 7) is 5.82. The number of amidine groups is 1. The quantitative estimate of drug-likeness (QED) is 0.138. The monoisotopic (exact) mass is 559 g/mol. The van der Waals surface area contributed by atoms with E-state index in [4.69, 9.17) is 4.99 Å². The van der Waals surface area contributed by atoms with Gasteiger partial charge < -0.3 is 0 Å². The summed E-state index contributed by atoms with van der Waals surface area (Å²) < 4.78 is 0.629. The third kappa shape index (κ3) is 5.69. The Morgan fingerprint density at radius 1 is 0.974 bits per heavy atom. The average molecular weight is 560 g/mol. The number of amides is 1. The van der Waals surface area contributed by atoms with Gasteiger partial charge in [0.15, 0.2) is 9.51 Å². The van der Waals surface area contributed by atoms with Crippen LogP contribution in [0.2, 0.25) is 0 Å². The molecule has 0 aliphatic carbocycles. The summed E-state index contributed by atoms with van der Waals surface area (Å²) in [6, 6.07) is 20.3. The van der Waals surface area contributed by atoms with Gasteiger partial charge in [-0.3, -0.25) is 19.8 Å². The third-order valence-corrected chi connectivity index (χ3v) is 8.46. The van der Waals surface area contributed by atoms with Crippen molar-refractivity contribution in [3.8, 4) is 0 Å². The predicted octanol–water partition coefficient (Wildman–Crippen LogP) is 7.33. The van der Waals surface area contributed by atoms with Crippen molar-refractivity contribution in [2.45, 2.75) is 30.0 Å². The molecule has 3 aromatic carbocycles. The summed E-state index contributed by atoms with van der Waals surface area (Å²) in [6.07, 6.45) is 1.67. The molecule has 2 heterocycles. The van der Waals surface area contributed by atoms with Gasteiger partial charge in [0.05, 0.1) is 26.1 Å². The summed E-state index contributed by atoms with van der Waals surface area (Å²) in [5.74, 6) is -0.241. The van der Waals surface area contributed by atoms with Crippen LogP contribution in [0.3, 0.4) is 0 Å². The van der Waals surface area contributed by atoms with Gasteiger partial charge in [-0.15, -0.1) is 10.2 Å². The van der Waals surface area contributed by atoms with E-state index in [1.165, 1.54) is 40.9 Å². The number of rotatable bonds is 6. The van der Waals surface area contributed by atoms with Crippen LogP contribution in [0.4, 0.5) is 17.1 Å². The Morgan fingerprint density at radius 3 is 2.29 bits per heavy atom. The zero-order valence-electron chi connectivity index (χ0n) is 20.6. The molecule has 0 bridgehead atoms. The minimum atomic E-state index is -0.426. The highest BCUT2D eigenvalue weighted by Gasteiger charge is 2.35. The first-order valence-corrected chi connectivity index (χ1v) is 13.9. The standard InChI is InChI=1S/C27H21N5O3S3/c1-16-4-9-20(10-5-16)28-26-31(21-11-6-17(2)7-12-21)25(33)24(37-26)15-19-8-13-23(22(14-19)32(34)35)38-27-30-29-18(3)36-27/h4-15H,1-3H3/b24-15-,28-26?. The van der Waals surface area contributed by atoms with Crippen molar-refractivity contribution < 1.29 is 9.72 Å². The Morgan fingerprint density at radius 2 is 1.66 bits per heavy atom. The van der Waals surface area contributed by atoms with E-state index in [1.54, 1.807) is 23.1 Å². The zero-order chi connectivity index (χ0) is 26.8. The maximum atomic E-state index is 13.6. The number of carbonyl (C=O) groups excluding carboxylic acids is 1. The molecule has 1 aromatic heterocycles. The minimum Gasteiger partial charge on any atom is -0.268 e. The van der Waals surface area contributed by atoms with E-state index in [1.807, 2.05) is 69.3 Å². The Kier molecular flexibility index (Phi) is 7.41. The fourth-order valence-corrected chi connectivity index (χ4v) is 6.48. The van der Waals surface area contributed by atoms with Crippen molar-refractivity contribution in [1.29, 1.82) is 0 Å². The van der Waals surface area contributed by atoms with E-state index in [2.05, 4.69) is 10.2 Å². The zero-order valence-corrected chi connectivity index (χ0v) is 23.1. The largest absolute Gasteiger partial charge is 0.283 e. The Balaban J connectivity index is 1.51. The molecule has 1 fully saturated rings. The molecule has 1 amide bonds. The molecule has 0 radical (unpaired) electrons. The van der Waals surface area contributed by atoms with E-state index >= 15 is 0 Å². The SMILES string of the molecule is Cc1ccc(N=C2S/C(=C\c3ccc(Sc4nnc(C)s4)c([N+](=O)[O-])c3)C(=O)N2c2ccc(C)cc2)cc1. The second-order valence-corrected chi connectivity index (χ2v) is 12.0. The number of nitro benzene ring substituents is 1. The second-order valence-electron chi connectivity index (χ2n) is 8.49. The van der Waals surface area contributed by atoms with E-state index < -0.39 is 4.92 Å². The fourth-order valence-electron chi connectivity index (χ4n) is 3.62. The van der Waals surface area contributed by atoms with Gasteiger partial charge in [-0.2, -0.15) is 0 Å². The number of hydrogen-bond donors (Lipinski definition) is 0. The number of nitrogens with zero attached hydrogens (tertiary/aromatic N) is 5. The smallest absolute Gasteiger partial charge is 0.268 e. The van der Waals surface area contributed by atoms with Crippen LogP contribution in [-0.2, 0) is 4.79 Å². The molecule has 0 atom stereocenters. The first-order valence-electron chi connectivity index (χ1n) is 11.5. The van der Waals surface area contributed by atoms with Gasteiger partial charge in [0.1, 0.15) is 5.01 Å². The summed E-state index contributed by atoms with van der Waals surface area (Å²) >= 11 is 3.81. The highest BCUT2D eigenvalue weighted by Crippen LogP contribution is 2.40. The number of benzene rings is 3. The van der Waals surface area contributed by atoms with Crippen LogP contribution in [-0.4, -0.2) is 26.2 Å². The van der Waals surface area contributed by atoms with E-state index in [9.17, 15) is 14.9 Å². The molecular formula is C27H21N5O3S3. The number of aliphatic imine (C=N–C) groups is 1. The highest BCUT2D eigenvalue weighted by molar-refractivity contribution is 8.19. The molecular weight excluding hydrogens is 539 g/mol. The maximum absolute atomic E-state index is 13.6. The van der Waals surface area contributed by atoms with Gasteiger partial charge in [-0.1, -0.05) is 64.6 Å². The van der Waals surface area contributed by atoms with Crippen LogP contribution >= 0.6 is 34.9 Å². The predicted molar refractivity (Wildman–Crippen MR) is 154 cm³/mol. The number of hydrogen-bond acceptors (Lipinski definition) is 9. The number of nitro groups is 1. The average Bonchev–Trinajstić information content (AvgIpc) is 3.44. The van der Waals surface area contributed by atoms with Crippen LogP contribution in [0.5, 0.6) is 0 Å². The molecule has 38 heavy (non-hydrogen) atoms. The number of aryl methyl sites for hydroxylation is 3. The Bertz CT molecular complexity index is 1600. The molecule has 1 aliphatic rings. The van der Waals surface area contributed by atoms with Crippen molar-refractivity contribution in [3.05, 3.63) is 103 Å².